The molecule has 0 spiro atoms. The van der Waals surface area contributed by atoms with Gasteiger partial charge in [0.15, 0.2) is 0 Å². The monoisotopic (exact) mass is 200 g/mol. The fraction of sp³-hybridized carbons (Fsp3) is 0.400. The average molecular weight is 201 g/mol. The summed E-state index contributed by atoms with van der Waals surface area (Å²) in [5, 5.41) is 9.45. The molecule has 0 unspecified atom stereocenters. The summed E-state index contributed by atoms with van der Waals surface area (Å²) in [6, 6.07) is 4.83. The van der Waals surface area contributed by atoms with Crippen molar-refractivity contribution in [2.24, 2.45) is 5.92 Å². The largest absolute Gasteiger partial charge is 0.506 e. The van der Waals surface area contributed by atoms with E-state index in [9.17, 15) is 0 Å². The normalized spacial score (nSPS) is 10.5. The molecule has 1 aromatic carbocycles. The lowest BCUT2D eigenvalue weighted by atomic mass is 10.2. The van der Waals surface area contributed by atoms with Crippen LogP contribution in [0, 0.1) is 5.92 Å². The van der Waals surface area contributed by atoms with Gasteiger partial charge in [0.1, 0.15) is 11.5 Å². The van der Waals surface area contributed by atoms with E-state index in [1.54, 1.807) is 12.1 Å². The van der Waals surface area contributed by atoms with Gasteiger partial charge in [-0.2, -0.15) is 0 Å². The van der Waals surface area contributed by atoms with E-state index < -0.39 is 0 Å². The standard InChI is InChI=1S/C10H13ClO2/c1-7(2)6-13-8-3-4-10(12)9(11)5-8/h3-5,7,12H,6H2,1-2H3. The second-order valence-corrected chi connectivity index (χ2v) is 3.73. The lowest BCUT2D eigenvalue weighted by Crippen LogP contribution is -2.04. The van der Waals surface area contributed by atoms with Crippen molar-refractivity contribution in [3.63, 3.8) is 0 Å². The Morgan fingerprint density at radius 2 is 2.15 bits per heavy atom. The number of rotatable bonds is 3. The third kappa shape index (κ3) is 3.15. The molecule has 0 aliphatic rings. The molecular formula is C10H13ClO2. The number of benzene rings is 1. The predicted octanol–water partition coefficient (Wildman–Crippen LogP) is 3.08. The van der Waals surface area contributed by atoms with Gasteiger partial charge in [-0.3, -0.25) is 0 Å². The maximum absolute atomic E-state index is 9.13. The highest BCUT2D eigenvalue weighted by Gasteiger charge is 2.01. The summed E-state index contributed by atoms with van der Waals surface area (Å²) < 4.78 is 5.41. The van der Waals surface area contributed by atoms with Crippen molar-refractivity contribution in [1.82, 2.24) is 0 Å². The Balaban J connectivity index is 2.63. The molecule has 13 heavy (non-hydrogen) atoms. The number of phenolic OH excluding ortho intramolecular Hbond substituents is 1. The van der Waals surface area contributed by atoms with Crippen LogP contribution in [0.3, 0.4) is 0 Å². The molecule has 1 rings (SSSR count). The first-order valence-electron chi connectivity index (χ1n) is 4.21. The minimum absolute atomic E-state index is 0.0820. The number of phenols is 1. The highest BCUT2D eigenvalue weighted by Crippen LogP contribution is 2.27. The zero-order chi connectivity index (χ0) is 9.84. The average Bonchev–Trinajstić information content (AvgIpc) is 2.07. The molecule has 0 bridgehead atoms. The van der Waals surface area contributed by atoms with Gasteiger partial charge in [-0.15, -0.1) is 0 Å². The van der Waals surface area contributed by atoms with Crippen LogP contribution >= 0.6 is 11.6 Å². The third-order valence-electron chi connectivity index (χ3n) is 1.50. The van der Waals surface area contributed by atoms with Crippen LogP contribution in [0.4, 0.5) is 0 Å². The Kier molecular flexibility index (Phi) is 3.43. The molecule has 0 atom stereocenters. The van der Waals surface area contributed by atoms with Crippen molar-refractivity contribution < 1.29 is 9.84 Å². The first kappa shape index (κ1) is 10.2. The smallest absolute Gasteiger partial charge is 0.134 e. The van der Waals surface area contributed by atoms with Gasteiger partial charge in [0.2, 0.25) is 0 Å². The van der Waals surface area contributed by atoms with E-state index in [2.05, 4.69) is 13.8 Å². The molecule has 0 heterocycles. The third-order valence-corrected chi connectivity index (χ3v) is 1.81. The quantitative estimate of drug-likeness (QED) is 0.813. The summed E-state index contributed by atoms with van der Waals surface area (Å²) in [4.78, 5) is 0. The molecule has 0 fully saturated rings. The van der Waals surface area contributed by atoms with Gasteiger partial charge in [0.25, 0.3) is 0 Å². The van der Waals surface area contributed by atoms with Crippen LogP contribution in [0.5, 0.6) is 11.5 Å². The number of halogens is 1. The lowest BCUT2D eigenvalue weighted by Gasteiger charge is -2.08. The molecule has 0 saturated heterocycles. The van der Waals surface area contributed by atoms with E-state index in [-0.39, 0.29) is 5.75 Å². The molecular weight excluding hydrogens is 188 g/mol. The van der Waals surface area contributed by atoms with E-state index in [0.29, 0.717) is 23.3 Å². The summed E-state index contributed by atoms with van der Waals surface area (Å²) in [5.41, 5.74) is 0. The summed E-state index contributed by atoms with van der Waals surface area (Å²) in [5.74, 6) is 1.25. The second kappa shape index (κ2) is 4.38. The van der Waals surface area contributed by atoms with E-state index in [1.807, 2.05) is 0 Å². The van der Waals surface area contributed by atoms with Crippen LogP contribution in [0.25, 0.3) is 0 Å². The summed E-state index contributed by atoms with van der Waals surface area (Å²) in [7, 11) is 0. The molecule has 1 N–H and O–H groups in total. The second-order valence-electron chi connectivity index (χ2n) is 3.32. The highest BCUT2D eigenvalue weighted by atomic mass is 35.5. The minimum Gasteiger partial charge on any atom is -0.506 e. The maximum atomic E-state index is 9.13. The van der Waals surface area contributed by atoms with Crippen molar-refractivity contribution in [2.75, 3.05) is 6.61 Å². The first-order chi connectivity index (χ1) is 6.09. The summed E-state index contributed by atoms with van der Waals surface area (Å²) in [6.07, 6.45) is 0. The van der Waals surface area contributed by atoms with Crippen LogP contribution in [0.15, 0.2) is 18.2 Å². The summed E-state index contributed by atoms with van der Waals surface area (Å²) in [6.45, 7) is 4.80. The van der Waals surface area contributed by atoms with Crippen LogP contribution in [-0.4, -0.2) is 11.7 Å². The van der Waals surface area contributed by atoms with E-state index in [0.717, 1.165) is 0 Å². The molecule has 0 aromatic heterocycles. The minimum atomic E-state index is 0.0820. The highest BCUT2D eigenvalue weighted by molar-refractivity contribution is 6.32. The lowest BCUT2D eigenvalue weighted by molar-refractivity contribution is 0.271. The molecule has 2 nitrogen and oxygen atoms in total. The summed E-state index contributed by atoms with van der Waals surface area (Å²) >= 11 is 5.70. The first-order valence-corrected chi connectivity index (χ1v) is 4.58. The molecule has 0 amide bonds. The van der Waals surface area contributed by atoms with Crippen LogP contribution in [0.2, 0.25) is 5.02 Å². The fourth-order valence-corrected chi connectivity index (χ4v) is 1.01. The van der Waals surface area contributed by atoms with E-state index in [1.165, 1.54) is 6.07 Å². The molecule has 72 valence electrons. The Hall–Kier alpha value is -0.890. The van der Waals surface area contributed by atoms with Crippen LogP contribution in [-0.2, 0) is 0 Å². The van der Waals surface area contributed by atoms with Gasteiger partial charge in [-0.1, -0.05) is 25.4 Å². The van der Waals surface area contributed by atoms with Crippen molar-refractivity contribution in [3.8, 4) is 11.5 Å². The number of aromatic hydroxyl groups is 1. The van der Waals surface area contributed by atoms with Crippen LogP contribution < -0.4 is 4.74 Å². The van der Waals surface area contributed by atoms with Crippen molar-refractivity contribution in [3.05, 3.63) is 23.2 Å². The maximum Gasteiger partial charge on any atom is 0.134 e. The zero-order valence-corrected chi connectivity index (χ0v) is 8.51. The van der Waals surface area contributed by atoms with Gasteiger partial charge in [-0.05, 0) is 18.1 Å². The van der Waals surface area contributed by atoms with E-state index >= 15 is 0 Å². The number of hydrogen-bond acceptors (Lipinski definition) is 2. The van der Waals surface area contributed by atoms with Crippen molar-refractivity contribution in [1.29, 1.82) is 0 Å². The molecule has 1 aromatic rings. The number of hydrogen-bond donors (Lipinski definition) is 1. The number of ether oxygens (including phenoxy) is 1. The Morgan fingerprint density at radius 3 is 2.69 bits per heavy atom. The zero-order valence-electron chi connectivity index (χ0n) is 7.75. The Labute approximate surface area is 83.1 Å². The molecule has 0 saturated carbocycles. The van der Waals surface area contributed by atoms with Crippen LogP contribution in [0.1, 0.15) is 13.8 Å². The van der Waals surface area contributed by atoms with Gasteiger partial charge < -0.3 is 9.84 Å². The molecule has 0 aliphatic carbocycles. The fourth-order valence-electron chi connectivity index (χ4n) is 0.840. The topological polar surface area (TPSA) is 29.5 Å². The van der Waals surface area contributed by atoms with Gasteiger partial charge >= 0.3 is 0 Å². The van der Waals surface area contributed by atoms with Gasteiger partial charge in [0, 0.05) is 6.07 Å². The van der Waals surface area contributed by atoms with Gasteiger partial charge in [0.05, 0.1) is 11.6 Å². The van der Waals surface area contributed by atoms with E-state index in [4.69, 9.17) is 21.4 Å². The predicted molar refractivity (Wildman–Crippen MR) is 53.4 cm³/mol. The SMILES string of the molecule is CC(C)COc1ccc(O)c(Cl)c1. The Morgan fingerprint density at radius 1 is 1.46 bits per heavy atom. The van der Waals surface area contributed by atoms with Crippen molar-refractivity contribution in [2.45, 2.75) is 13.8 Å². The molecule has 0 radical (unpaired) electrons. The molecule has 0 aliphatic heterocycles. The molecule has 3 heteroatoms. The van der Waals surface area contributed by atoms with Crippen molar-refractivity contribution >= 4 is 11.6 Å². The Bertz CT molecular complexity index is 284. The van der Waals surface area contributed by atoms with Gasteiger partial charge in [-0.25, -0.2) is 0 Å².